The van der Waals surface area contributed by atoms with E-state index in [0.717, 1.165) is 19.4 Å². The van der Waals surface area contributed by atoms with Gasteiger partial charge in [0.25, 0.3) is 6.43 Å². The molecule has 5 rings (SSSR count). The maximum Gasteiger partial charge on any atom is 0.296 e. The fourth-order valence-electron chi connectivity index (χ4n) is 4.08. The third-order valence-electron chi connectivity index (χ3n) is 5.62. The summed E-state index contributed by atoms with van der Waals surface area (Å²) >= 11 is 0. The summed E-state index contributed by atoms with van der Waals surface area (Å²) in [6, 6.07) is 7.01. The number of para-hydroxylation sites is 2. The molecule has 1 unspecified atom stereocenters. The number of imidazole rings is 1. The van der Waals surface area contributed by atoms with E-state index in [-0.39, 0.29) is 17.8 Å². The predicted molar refractivity (Wildman–Crippen MR) is 112 cm³/mol. The van der Waals surface area contributed by atoms with E-state index in [1.54, 1.807) is 24.3 Å². The zero-order chi connectivity index (χ0) is 21.4. The van der Waals surface area contributed by atoms with E-state index in [2.05, 4.69) is 19.9 Å². The average Bonchev–Trinajstić information content (AvgIpc) is 3.19. The lowest BCUT2D eigenvalue weighted by atomic mass is 10.1. The van der Waals surface area contributed by atoms with E-state index >= 15 is 0 Å². The van der Waals surface area contributed by atoms with Gasteiger partial charge in [0, 0.05) is 32.2 Å². The lowest BCUT2D eigenvalue weighted by molar-refractivity contribution is 0.122. The number of ether oxygens (including phenoxy) is 1. The molecule has 0 amide bonds. The molecule has 31 heavy (non-hydrogen) atoms. The van der Waals surface area contributed by atoms with Crippen LogP contribution >= 0.6 is 0 Å². The van der Waals surface area contributed by atoms with Gasteiger partial charge in [-0.3, -0.25) is 4.57 Å². The van der Waals surface area contributed by atoms with Crippen LogP contribution in [0.25, 0.3) is 17.0 Å². The van der Waals surface area contributed by atoms with Crippen LogP contribution in [-0.4, -0.2) is 69.9 Å². The van der Waals surface area contributed by atoms with E-state index < -0.39 is 6.43 Å². The summed E-state index contributed by atoms with van der Waals surface area (Å²) in [4.78, 5) is 22.0. The number of rotatable bonds is 4. The van der Waals surface area contributed by atoms with Crippen LogP contribution in [0, 0.1) is 0 Å². The van der Waals surface area contributed by atoms with E-state index in [9.17, 15) is 8.78 Å². The van der Waals surface area contributed by atoms with Gasteiger partial charge < -0.3 is 20.3 Å². The third kappa shape index (κ3) is 3.90. The van der Waals surface area contributed by atoms with Gasteiger partial charge in [-0.2, -0.15) is 15.0 Å². The second-order valence-electron chi connectivity index (χ2n) is 7.78. The van der Waals surface area contributed by atoms with Crippen molar-refractivity contribution in [2.24, 2.45) is 5.73 Å². The highest BCUT2D eigenvalue weighted by Crippen LogP contribution is 2.28. The number of hydrogen-bond donors (Lipinski definition) is 1. The molecule has 164 valence electrons. The molecule has 0 spiro atoms. The van der Waals surface area contributed by atoms with Crippen LogP contribution in [0.1, 0.15) is 25.1 Å². The third-order valence-corrected chi connectivity index (χ3v) is 5.62. The van der Waals surface area contributed by atoms with Gasteiger partial charge in [0.05, 0.1) is 24.2 Å². The van der Waals surface area contributed by atoms with Crippen molar-refractivity contribution in [3.8, 4) is 5.95 Å². The number of fused-ring (bicyclic) bond motifs is 1. The molecule has 2 saturated heterocycles. The second kappa shape index (κ2) is 8.31. The van der Waals surface area contributed by atoms with Crippen LogP contribution in [0.15, 0.2) is 24.3 Å². The van der Waals surface area contributed by atoms with Crippen molar-refractivity contribution in [3.63, 3.8) is 0 Å². The SMILES string of the molecule is NC1CCCN(c2nc(N3CCOCC3)nc(-n3c(C(F)F)nc4ccccc43)n2)C1. The number of aromatic nitrogens is 5. The molecule has 4 heterocycles. The molecule has 1 atom stereocenters. The summed E-state index contributed by atoms with van der Waals surface area (Å²) in [7, 11) is 0. The second-order valence-corrected chi connectivity index (χ2v) is 7.78. The minimum absolute atomic E-state index is 0.0199. The maximum atomic E-state index is 13.9. The molecule has 0 aliphatic carbocycles. The lowest BCUT2D eigenvalue weighted by Gasteiger charge is -2.32. The molecule has 2 N–H and O–H groups in total. The Morgan fingerprint density at radius 3 is 2.39 bits per heavy atom. The standard InChI is InChI=1S/C20H24F2N8O/c21-16(22)17-24-14-5-1-2-6-15(14)30(17)20-26-18(28-8-10-31-11-9-28)25-19(27-20)29-7-3-4-13(23)12-29/h1-2,5-6,13,16H,3-4,7-12,23H2. The van der Waals surface area contributed by atoms with Crippen LogP contribution in [-0.2, 0) is 4.74 Å². The van der Waals surface area contributed by atoms with Crippen molar-refractivity contribution < 1.29 is 13.5 Å². The Morgan fingerprint density at radius 1 is 0.935 bits per heavy atom. The monoisotopic (exact) mass is 430 g/mol. The minimum Gasteiger partial charge on any atom is -0.378 e. The molecule has 0 saturated carbocycles. The Hall–Kier alpha value is -2.92. The Kier molecular flexibility index (Phi) is 5.36. The Balaban J connectivity index is 1.67. The number of piperidine rings is 1. The van der Waals surface area contributed by atoms with Crippen LogP contribution in [0.3, 0.4) is 0 Å². The van der Waals surface area contributed by atoms with Gasteiger partial charge in [-0.15, -0.1) is 0 Å². The first kappa shape index (κ1) is 20.0. The van der Waals surface area contributed by atoms with Crippen molar-refractivity contribution >= 4 is 22.9 Å². The van der Waals surface area contributed by atoms with Crippen molar-refractivity contribution in [3.05, 3.63) is 30.1 Å². The normalized spacial score (nSPS) is 20.1. The van der Waals surface area contributed by atoms with Gasteiger partial charge in [-0.1, -0.05) is 12.1 Å². The number of alkyl halides is 2. The quantitative estimate of drug-likeness (QED) is 0.670. The highest BCUT2D eigenvalue weighted by molar-refractivity contribution is 5.77. The van der Waals surface area contributed by atoms with Crippen LogP contribution in [0.2, 0.25) is 0 Å². The van der Waals surface area contributed by atoms with Gasteiger partial charge in [0.15, 0.2) is 5.82 Å². The average molecular weight is 430 g/mol. The molecule has 1 aromatic carbocycles. The molecule has 2 fully saturated rings. The summed E-state index contributed by atoms with van der Waals surface area (Å²) in [6.45, 7) is 3.72. The van der Waals surface area contributed by atoms with Crippen molar-refractivity contribution in [2.45, 2.75) is 25.3 Å². The number of nitrogens with two attached hydrogens (primary N) is 1. The first-order valence-electron chi connectivity index (χ1n) is 10.5. The summed E-state index contributed by atoms with van der Waals surface area (Å²) in [5.41, 5.74) is 7.15. The number of morpholine rings is 1. The Bertz CT molecular complexity index is 1070. The van der Waals surface area contributed by atoms with E-state index in [0.29, 0.717) is 55.8 Å². The fourth-order valence-corrected chi connectivity index (χ4v) is 4.08. The molecule has 0 radical (unpaired) electrons. The fraction of sp³-hybridized carbons (Fsp3) is 0.500. The molecule has 3 aromatic rings. The van der Waals surface area contributed by atoms with Gasteiger partial charge in [-0.05, 0) is 25.0 Å². The number of hydrogen-bond acceptors (Lipinski definition) is 8. The Morgan fingerprint density at radius 2 is 1.65 bits per heavy atom. The van der Waals surface area contributed by atoms with Crippen molar-refractivity contribution in [1.82, 2.24) is 24.5 Å². The highest BCUT2D eigenvalue weighted by atomic mass is 19.3. The van der Waals surface area contributed by atoms with Gasteiger partial charge in [0.1, 0.15) is 0 Å². The summed E-state index contributed by atoms with van der Waals surface area (Å²) in [5, 5.41) is 0. The zero-order valence-electron chi connectivity index (χ0n) is 17.0. The van der Waals surface area contributed by atoms with Gasteiger partial charge in [0.2, 0.25) is 17.8 Å². The summed E-state index contributed by atoms with van der Waals surface area (Å²) in [5.74, 6) is 0.636. The zero-order valence-corrected chi connectivity index (χ0v) is 17.0. The van der Waals surface area contributed by atoms with E-state index in [1.807, 2.05) is 9.80 Å². The Labute approximate surface area is 177 Å². The molecule has 2 aliphatic heterocycles. The highest BCUT2D eigenvalue weighted by Gasteiger charge is 2.26. The number of halogens is 2. The van der Waals surface area contributed by atoms with Crippen molar-refractivity contribution in [1.29, 1.82) is 0 Å². The molecule has 9 nitrogen and oxygen atoms in total. The predicted octanol–water partition coefficient (Wildman–Crippen LogP) is 1.91. The molecular formula is C20H24F2N8O. The molecule has 11 heteroatoms. The summed E-state index contributed by atoms with van der Waals surface area (Å²) < 4.78 is 34.6. The van der Waals surface area contributed by atoms with E-state index in [4.69, 9.17) is 10.5 Å². The molecule has 2 aliphatic rings. The van der Waals surface area contributed by atoms with Crippen LogP contribution in [0.5, 0.6) is 0 Å². The number of nitrogens with zero attached hydrogens (tertiary/aromatic N) is 7. The first-order chi connectivity index (χ1) is 15.1. The largest absolute Gasteiger partial charge is 0.378 e. The van der Waals surface area contributed by atoms with Crippen LogP contribution in [0.4, 0.5) is 20.7 Å². The molecule has 2 aromatic heterocycles. The molecule has 0 bridgehead atoms. The lowest BCUT2D eigenvalue weighted by Crippen LogP contribution is -2.44. The number of benzene rings is 1. The van der Waals surface area contributed by atoms with Crippen molar-refractivity contribution in [2.75, 3.05) is 49.2 Å². The van der Waals surface area contributed by atoms with Gasteiger partial charge >= 0.3 is 0 Å². The van der Waals surface area contributed by atoms with Gasteiger partial charge in [-0.25, -0.2) is 13.8 Å². The smallest absolute Gasteiger partial charge is 0.296 e. The van der Waals surface area contributed by atoms with Crippen LogP contribution < -0.4 is 15.5 Å². The summed E-state index contributed by atoms with van der Waals surface area (Å²) in [6.07, 6.45) is -0.916. The minimum atomic E-state index is -2.78. The van der Waals surface area contributed by atoms with E-state index in [1.165, 1.54) is 4.57 Å². The maximum absolute atomic E-state index is 13.9. The first-order valence-corrected chi connectivity index (χ1v) is 10.5. The molecular weight excluding hydrogens is 406 g/mol. The topological polar surface area (TPSA) is 98.2 Å². The number of anilines is 2.